The molecule has 2 fully saturated rings. The molecule has 23 heavy (non-hydrogen) atoms. The molecule has 1 heterocycles. The fourth-order valence-electron chi connectivity index (χ4n) is 2.86. The van der Waals surface area contributed by atoms with E-state index in [0.29, 0.717) is 24.9 Å². The van der Waals surface area contributed by atoms with E-state index in [4.69, 9.17) is 4.74 Å². The molecule has 0 spiro atoms. The number of likely N-dealkylation sites (tertiary alicyclic amines) is 1. The molecule has 1 N–H and O–H groups in total. The van der Waals surface area contributed by atoms with Crippen LogP contribution in [0.25, 0.3) is 0 Å². The number of piperidine rings is 1. The van der Waals surface area contributed by atoms with Gasteiger partial charge in [-0.25, -0.2) is 9.59 Å². The van der Waals surface area contributed by atoms with Gasteiger partial charge in [-0.2, -0.15) is 0 Å². The van der Waals surface area contributed by atoms with E-state index < -0.39 is 5.60 Å². The van der Waals surface area contributed by atoms with E-state index in [1.54, 1.807) is 9.80 Å². The molecule has 0 aromatic rings. The van der Waals surface area contributed by atoms with Gasteiger partial charge in [0.25, 0.3) is 0 Å². The Morgan fingerprint density at radius 1 is 1.22 bits per heavy atom. The van der Waals surface area contributed by atoms with Crippen molar-refractivity contribution in [2.24, 2.45) is 11.8 Å². The van der Waals surface area contributed by atoms with Crippen LogP contribution in [0.1, 0.15) is 46.5 Å². The molecule has 0 radical (unpaired) electrons. The van der Waals surface area contributed by atoms with Crippen molar-refractivity contribution in [3.8, 4) is 0 Å². The highest BCUT2D eigenvalue weighted by Crippen LogP contribution is 2.29. The highest BCUT2D eigenvalue weighted by Gasteiger charge is 2.28. The van der Waals surface area contributed by atoms with Gasteiger partial charge in [0.15, 0.2) is 0 Å². The molecular weight excluding hydrogens is 294 g/mol. The van der Waals surface area contributed by atoms with Gasteiger partial charge in [-0.3, -0.25) is 0 Å². The summed E-state index contributed by atoms with van der Waals surface area (Å²) in [4.78, 5) is 27.7. The van der Waals surface area contributed by atoms with Crippen LogP contribution < -0.4 is 5.32 Å². The average molecular weight is 325 g/mol. The number of carbonyl (C=O) groups is 2. The first-order valence-electron chi connectivity index (χ1n) is 8.71. The summed E-state index contributed by atoms with van der Waals surface area (Å²) < 4.78 is 5.43. The number of hydrogen-bond acceptors (Lipinski definition) is 3. The van der Waals surface area contributed by atoms with Crippen LogP contribution >= 0.6 is 0 Å². The molecule has 1 saturated carbocycles. The fourth-order valence-corrected chi connectivity index (χ4v) is 2.86. The number of ether oxygens (including phenoxy) is 1. The van der Waals surface area contributed by atoms with Crippen molar-refractivity contribution in [3.63, 3.8) is 0 Å². The zero-order valence-electron chi connectivity index (χ0n) is 14.9. The third kappa shape index (κ3) is 6.28. The van der Waals surface area contributed by atoms with Crippen molar-refractivity contribution in [2.75, 3.05) is 33.2 Å². The van der Waals surface area contributed by atoms with Crippen LogP contribution in [0.3, 0.4) is 0 Å². The summed E-state index contributed by atoms with van der Waals surface area (Å²) in [6.07, 6.45) is 4.22. The van der Waals surface area contributed by atoms with Crippen LogP contribution in [0.2, 0.25) is 0 Å². The first kappa shape index (κ1) is 17.9. The zero-order valence-corrected chi connectivity index (χ0v) is 14.9. The van der Waals surface area contributed by atoms with Gasteiger partial charge in [0.05, 0.1) is 0 Å². The molecule has 6 heteroatoms. The molecule has 6 nitrogen and oxygen atoms in total. The van der Waals surface area contributed by atoms with Crippen LogP contribution in [0, 0.1) is 11.8 Å². The van der Waals surface area contributed by atoms with Gasteiger partial charge >= 0.3 is 12.1 Å². The monoisotopic (exact) mass is 325 g/mol. The summed E-state index contributed by atoms with van der Waals surface area (Å²) in [6.45, 7) is 8.49. The fraction of sp³-hybridized carbons (Fsp3) is 0.882. The van der Waals surface area contributed by atoms with Crippen LogP contribution in [0.15, 0.2) is 0 Å². The Kier molecular flexibility index (Phi) is 5.76. The number of urea groups is 1. The second-order valence-electron chi connectivity index (χ2n) is 7.94. The molecule has 0 aromatic carbocycles. The lowest BCUT2D eigenvalue weighted by molar-refractivity contribution is 0.0167. The Balaban J connectivity index is 1.72. The van der Waals surface area contributed by atoms with Crippen LogP contribution in [-0.4, -0.2) is 60.8 Å². The van der Waals surface area contributed by atoms with Gasteiger partial charge < -0.3 is 19.9 Å². The van der Waals surface area contributed by atoms with Gasteiger partial charge in [-0.05, 0) is 58.3 Å². The smallest absolute Gasteiger partial charge is 0.410 e. The highest BCUT2D eigenvalue weighted by molar-refractivity contribution is 5.73. The van der Waals surface area contributed by atoms with Crippen molar-refractivity contribution in [2.45, 2.75) is 52.1 Å². The van der Waals surface area contributed by atoms with Crippen molar-refractivity contribution < 1.29 is 14.3 Å². The van der Waals surface area contributed by atoms with E-state index in [1.165, 1.54) is 12.8 Å². The van der Waals surface area contributed by atoms with Crippen molar-refractivity contribution in [3.05, 3.63) is 0 Å². The Morgan fingerprint density at radius 3 is 2.52 bits per heavy atom. The molecule has 1 atom stereocenters. The lowest BCUT2D eigenvalue weighted by Gasteiger charge is -2.34. The second kappa shape index (κ2) is 7.41. The van der Waals surface area contributed by atoms with E-state index in [1.807, 2.05) is 27.8 Å². The summed E-state index contributed by atoms with van der Waals surface area (Å²) in [6, 6.07) is -0.00806. The number of nitrogens with one attached hydrogen (secondary N) is 1. The summed E-state index contributed by atoms with van der Waals surface area (Å²) in [5.74, 6) is 0.998. The van der Waals surface area contributed by atoms with Crippen LogP contribution in [0.4, 0.5) is 9.59 Å². The first-order valence-corrected chi connectivity index (χ1v) is 8.71. The topological polar surface area (TPSA) is 61.9 Å². The third-order valence-corrected chi connectivity index (χ3v) is 4.29. The Bertz CT molecular complexity index is 429. The van der Waals surface area contributed by atoms with E-state index >= 15 is 0 Å². The molecule has 132 valence electrons. The molecule has 1 saturated heterocycles. The molecule has 0 aromatic heterocycles. The molecular formula is C17H31N3O3. The number of amides is 3. The van der Waals surface area contributed by atoms with E-state index in [-0.39, 0.29) is 12.1 Å². The average Bonchev–Trinajstić information content (AvgIpc) is 3.27. The minimum absolute atomic E-state index is 0.00806. The highest BCUT2D eigenvalue weighted by atomic mass is 16.6. The van der Waals surface area contributed by atoms with Gasteiger partial charge in [-0.15, -0.1) is 0 Å². The van der Waals surface area contributed by atoms with Gasteiger partial charge in [0.2, 0.25) is 0 Å². The summed E-state index contributed by atoms with van der Waals surface area (Å²) in [5.41, 5.74) is -0.468. The minimum atomic E-state index is -0.468. The lowest BCUT2D eigenvalue weighted by Crippen LogP contribution is -2.47. The SMILES string of the molecule is CN(CC1CC1)C(=O)NCC1CCCN(C(=O)OC(C)(C)C)C1. The largest absolute Gasteiger partial charge is 0.444 e. The molecule has 2 aliphatic rings. The van der Waals surface area contributed by atoms with Crippen LogP contribution in [-0.2, 0) is 4.74 Å². The molecule has 1 aliphatic heterocycles. The summed E-state index contributed by atoms with van der Waals surface area (Å²) in [5, 5.41) is 3.00. The first-order chi connectivity index (χ1) is 10.7. The number of hydrogen-bond donors (Lipinski definition) is 1. The normalized spacial score (nSPS) is 21.7. The summed E-state index contributed by atoms with van der Waals surface area (Å²) >= 11 is 0. The molecule has 0 bridgehead atoms. The molecule has 2 rings (SSSR count). The molecule has 1 unspecified atom stereocenters. The Hall–Kier alpha value is -1.46. The standard InChI is InChI=1S/C17H31N3O3/c1-17(2,3)23-16(22)20-9-5-6-14(12-20)10-18-15(21)19(4)11-13-7-8-13/h13-14H,5-12H2,1-4H3,(H,18,21). The van der Waals surface area contributed by atoms with Crippen molar-refractivity contribution in [1.82, 2.24) is 15.1 Å². The molecule has 3 amide bonds. The molecule has 1 aliphatic carbocycles. The minimum Gasteiger partial charge on any atom is -0.444 e. The predicted molar refractivity (Wildman–Crippen MR) is 89.3 cm³/mol. The third-order valence-electron chi connectivity index (χ3n) is 4.29. The van der Waals surface area contributed by atoms with Crippen LogP contribution in [0.5, 0.6) is 0 Å². The predicted octanol–water partition coefficient (Wildman–Crippen LogP) is 2.68. The Morgan fingerprint density at radius 2 is 1.91 bits per heavy atom. The number of nitrogens with zero attached hydrogens (tertiary/aromatic N) is 2. The second-order valence-corrected chi connectivity index (χ2v) is 7.94. The maximum Gasteiger partial charge on any atom is 0.410 e. The van der Waals surface area contributed by atoms with Gasteiger partial charge in [-0.1, -0.05) is 0 Å². The maximum atomic E-state index is 12.1. The summed E-state index contributed by atoms with van der Waals surface area (Å²) in [7, 11) is 1.85. The van der Waals surface area contributed by atoms with E-state index in [9.17, 15) is 9.59 Å². The van der Waals surface area contributed by atoms with E-state index in [2.05, 4.69) is 5.32 Å². The lowest BCUT2D eigenvalue weighted by atomic mass is 9.98. The number of rotatable bonds is 4. The van der Waals surface area contributed by atoms with Crippen molar-refractivity contribution in [1.29, 1.82) is 0 Å². The zero-order chi connectivity index (χ0) is 17.0. The van der Waals surface area contributed by atoms with Gasteiger partial charge in [0.1, 0.15) is 5.60 Å². The number of carbonyl (C=O) groups excluding carboxylic acids is 2. The maximum absolute atomic E-state index is 12.1. The van der Waals surface area contributed by atoms with Gasteiger partial charge in [0, 0.05) is 33.2 Å². The Labute approximate surface area is 139 Å². The quantitative estimate of drug-likeness (QED) is 0.864. The van der Waals surface area contributed by atoms with Crippen molar-refractivity contribution >= 4 is 12.1 Å². The van der Waals surface area contributed by atoms with E-state index in [0.717, 1.165) is 25.9 Å².